The van der Waals surface area contributed by atoms with E-state index in [2.05, 4.69) is 10.0 Å². The molecule has 2 N–H and O–H groups in total. The highest BCUT2D eigenvalue weighted by molar-refractivity contribution is 7.89. The predicted molar refractivity (Wildman–Crippen MR) is 101 cm³/mol. The maximum atomic E-state index is 13.6. The van der Waals surface area contributed by atoms with E-state index in [1.165, 1.54) is 42.8 Å². The molecule has 0 heterocycles. The highest BCUT2D eigenvalue weighted by atomic mass is 32.2. The maximum Gasteiger partial charge on any atom is 0.251 e. The first-order valence-electron chi connectivity index (χ1n) is 9.10. The number of benzene rings is 2. The summed E-state index contributed by atoms with van der Waals surface area (Å²) in [6, 6.07) is 12.0. The van der Waals surface area contributed by atoms with Gasteiger partial charge in [-0.2, -0.15) is 0 Å². The Hall–Kier alpha value is -2.25. The molecule has 27 heavy (non-hydrogen) atoms. The van der Waals surface area contributed by atoms with E-state index < -0.39 is 15.8 Å². The lowest BCUT2D eigenvalue weighted by atomic mass is 9.95. The van der Waals surface area contributed by atoms with Crippen molar-refractivity contribution in [1.82, 2.24) is 10.0 Å². The average Bonchev–Trinajstić information content (AvgIpc) is 2.68. The quantitative estimate of drug-likeness (QED) is 0.794. The predicted octanol–water partition coefficient (Wildman–Crippen LogP) is 3.37. The van der Waals surface area contributed by atoms with Crippen LogP contribution >= 0.6 is 0 Å². The van der Waals surface area contributed by atoms with Gasteiger partial charge < -0.3 is 5.32 Å². The van der Waals surface area contributed by atoms with Gasteiger partial charge in [0.25, 0.3) is 5.91 Å². The van der Waals surface area contributed by atoms with E-state index in [1.54, 1.807) is 12.1 Å². The number of carbonyl (C=O) groups excluding carboxylic acids is 1. The largest absolute Gasteiger partial charge is 0.349 e. The number of hydrogen-bond donors (Lipinski definition) is 2. The number of carbonyl (C=O) groups is 1. The normalized spacial score (nSPS) is 15.4. The summed E-state index contributed by atoms with van der Waals surface area (Å²) in [6.45, 7) is -0.140. The second-order valence-corrected chi connectivity index (χ2v) is 8.52. The fourth-order valence-electron chi connectivity index (χ4n) is 3.20. The van der Waals surface area contributed by atoms with Gasteiger partial charge in [-0.3, -0.25) is 4.79 Å². The minimum atomic E-state index is -3.79. The SMILES string of the molecule is O=C(NC1CCCCC1)c1ccc(S(=O)(=O)NCc2ccccc2F)cc1. The van der Waals surface area contributed by atoms with Crippen LogP contribution in [0.25, 0.3) is 0 Å². The molecule has 0 spiro atoms. The molecule has 2 aromatic carbocycles. The maximum absolute atomic E-state index is 13.6. The van der Waals surface area contributed by atoms with Gasteiger partial charge in [-0.25, -0.2) is 17.5 Å². The van der Waals surface area contributed by atoms with Gasteiger partial charge in [0.1, 0.15) is 5.82 Å². The van der Waals surface area contributed by atoms with Crippen LogP contribution in [0.2, 0.25) is 0 Å². The second-order valence-electron chi connectivity index (χ2n) is 6.75. The van der Waals surface area contributed by atoms with Crippen molar-refractivity contribution in [2.24, 2.45) is 0 Å². The third-order valence-electron chi connectivity index (χ3n) is 4.78. The van der Waals surface area contributed by atoms with Crippen molar-refractivity contribution >= 4 is 15.9 Å². The first kappa shape index (κ1) is 19.5. The number of amides is 1. The number of sulfonamides is 1. The zero-order valence-corrected chi connectivity index (χ0v) is 15.8. The smallest absolute Gasteiger partial charge is 0.251 e. The second kappa shape index (κ2) is 8.63. The lowest BCUT2D eigenvalue weighted by molar-refractivity contribution is 0.0927. The highest BCUT2D eigenvalue weighted by Crippen LogP contribution is 2.18. The van der Waals surface area contributed by atoms with E-state index in [-0.39, 0.29) is 29.0 Å². The Morgan fingerprint density at radius 2 is 1.67 bits per heavy atom. The van der Waals surface area contributed by atoms with Crippen LogP contribution in [0.1, 0.15) is 48.0 Å². The Labute approximate surface area is 159 Å². The van der Waals surface area contributed by atoms with Crippen LogP contribution in [0, 0.1) is 5.82 Å². The molecule has 2 aromatic rings. The molecule has 1 aliphatic rings. The number of rotatable bonds is 6. The van der Waals surface area contributed by atoms with Gasteiger partial charge in [-0.1, -0.05) is 37.5 Å². The van der Waals surface area contributed by atoms with E-state index in [4.69, 9.17) is 0 Å². The molecule has 0 saturated heterocycles. The molecule has 1 saturated carbocycles. The summed E-state index contributed by atoms with van der Waals surface area (Å²) >= 11 is 0. The molecular weight excluding hydrogens is 367 g/mol. The van der Waals surface area contributed by atoms with Gasteiger partial charge in [0, 0.05) is 23.7 Å². The van der Waals surface area contributed by atoms with Crippen molar-refractivity contribution < 1.29 is 17.6 Å². The first-order valence-corrected chi connectivity index (χ1v) is 10.6. The molecule has 5 nitrogen and oxygen atoms in total. The van der Waals surface area contributed by atoms with Crippen molar-refractivity contribution in [2.45, 2.75) is 49.6 Å². The van der Waals surface area contributed by atoms with Crippen molar-refractivity contribution in [3.8, 4) is 0 Å². The van der Waals surface area contributed by atoms with Gasteiger partial charge in [0.2, 0.25) is 10.0 Å². The summed E-state index contributed by atoms with van der Waals surface area (Å²) in [5, 5.41) is 3.00. The fraction of sp³-hybridized carbons (Fsp3) is 0.350. The molecule has 0 bridgehead atoms. The van der Waals surface area contributed by atoms with Crippen LogP contribution in [-0.4, -0.2) is 20.4 Å². The zero-order chi connectivity index (χ0) is 19.3. The summed E-state index contributed by atoms with van der Waals surface area (Å²) in [6.07, 6.45) is 5.42. The number of hydrogen-bond acceptors (Lipinski definition) is 3. The van der Waals surface area contributed by atoms with E-state index in [1.807, 2.05) is 0 Å². The van der Waals surface area contributed by atoms with Crippen molar-refractivity contribution in [3.63, 3.8) is 0 Å². The number of nitrogens with one attached hydrogen (secondary N) is 2. The lowest BCUT2D eigenvalue weighted by Crippen LogP contribution is -2.36. The summed E-state index contributed by atoms with van der Waals surface area (Å²) in [7, 11) is -3.79. The lowest BCUT2D eigenvalue weighted by Gasteiger charge is -2.22. The van der Waals surface area contributed by atoms with Crippen LogP contribution < -0.4 is 10.0 Å². The summed E-state index contributed by atoms with van der Waals surface area (Å²) in [5.74, 6) is -0.653. The van der Waals surface area contributed by atoms with E-state index in [0.29, 0.717) is 5.56 Å². The van der Waals surface area contributed by atoms with Gasteiger partial charge in [-0.15, -0.1) is 0 Å². The Morgan fingerprint density at radius 1 is 1.00 bits per heavy atom. The van der Waals surface area contributed by atoms with Crippen LogP contribution in [-0.2, 0) is 16.6 Å². The van der Waals surface area contributed by atoms with Crippen molar-refractivity contribution in [3.05, 3.63) is 65.5 Å². The van der Waals surface area contributed by atoms with Gasteiger partial charge in [-0.05, 0) is 43.2 Å². The number of halogens is 1. The zero-order valence-electron chi connectivity index (χ0n) is 14.9. The van der Waals surface area contributed by atoms with Crippen LogP contribution in [0.3, 0.4) is 0 Å². The Kier molecular flexibility index (Phi) is 6.23. The molecular formula is C20H23FN2O3S. The Bertz CT molecular complexity index is 892. The van der Waals surface area contributed by atoms with Gasteiger partial charge >= 0.3 is 0 Å². The van der Waals surface area contributed by atoms with Gasteiger partial charge in [0.05, 0.1) is 4.90 Å². The molecule has 1 fully saturated rings. The molecule has 0 aromatic heterocycles. The van der Waals surface area contributed by atoms with Crippen molar-refractivity contribution in [2.75, 3.05) is 0 Å². The third kappa shape index (κ3) is 5.14. The minimum Gasteiger partial charge on any atom is -0.349 e. The Balaban J connectivity index is 1.63. The molecule has 0 radical (unpaired) electrons. The molecule has 1 amide bonds. The molecule has 0 aliphatic heterocycles. The topological polar surface area (TPSA) is 75.3 Å². The highest BCUT2D eigenvalue weighted by Gasteiger charge is 2.18. The molecule has 0 atom stereocenters. The first-order chi connectivity index (χ1) is 13.0. The van der Waals surface area contributed by atoms with E-state index >= 15 is 0 Å². The molecule has 144 valence electrons. The summed E-state index contributed by atoms with van der Waals surface area (Å²) in [4.78, 5) is 12.3. The minimum absolute atomic E-state index is 0.0352. The van der Waals surface area contributed by atoms with Crippen LogP contribution in [0.5, 0.6) is 0 Å². The van der Waals surface area contributed by atoms with Crippen LogP contribution in [0.15, 0.2) is 53.4 Å². The Morgan fingerprint density at radius 3 is 2.33 bits per heavy atom. The van der Waals surface area contributed by atoms with Gasteiger partial charge in [0.15, 0.2) is 0 Å². The summed E-state index contributed by atoms with van der Waals surface area (Å²) < 4.78 is 40.8. The molecule has 3 rings (SSSR count). The molecule has 0 unspecified atom stereocenters. The average molecular weight is 390 g/mol. The van der Waals surface area contributed by atoms with Crippen molar-refractivity contribution in [1.29, 1.82) is 0 Å². The van der Waals surface area contributed by atoms with Crippen LogP contribution in [0.4, 0.5) is 4.39 Å². The summed E-state index contributed by atoms with van der Waals surface area (Å²) in [5.41, 5.74) is 0.693. The molecule has 1 aliphatic carbocycles. The fourth-order valence-corrected chi connectivity index (χ4v) is 4.21. The van der Waals surface area contributed by atoms with E-state index in [9.17, 15) is 17.6 Å². The molecule has 7 heteroatoms. The third-order valence-corrected chi connectivity index (χ3v) is 6.19. The monoisotopic (exact) mass is 390 g/mol. The standard InChI is InChI=1S/C20H23FN2O3S/c21-19-9-5-4-6-16(19)14-22-27(25,26)18-12-10-15(11-13-18)20(24)23-17-7-2-1-3-8-17/h4-6,9-13,17,22H,1-3,7-8,14H2,(H,23,24). The van der Waals surface area contributed by atoms with E-state index in [0.717, 1.165) is 25.7 Å².